The summed E-state index contributed by atoms with van der Waals surface area (Å²) >= 11 is 0. The lowest BCUT2D eigenvalue weighted by Gasteiger charge is -2.15. The molecule has 23 heavy (non-hydrogen) atoms. The number of carbonyl (C=O) groups is 1. The molecule has 0 fully saturated rings. The predicted octanol–water partition coefficient (Wildman–Crippen LogP) is 4.59. The van der Waals surface area contributed by atoms with Gasteiger partial charge in [0.1, 0.15) is 5.69 Å². The van der Waals surface area contributed by atoms with E-state index in [4.69, 9.17) is 0 Å². The molecule has 1 amide bonds. The van der Waals surface area contributed by atoms with E-state index in [9.17, 15) is 22.9 Å². The van der Waals surface area contributed by atoms with E-state index in [0.717, 1.165) is 11.6 Å². The van der Waals surface area contributed by atoms with Gasteiger partial charge in [0.25, 0.3) is 5.91 Å². The summed E-state index contributed by atoms with van der Waals surface area (Å²) in [6, 6.07) is 10.9. The van der Waals surface area contributed by atoms with E-state index in [1.165, 1.54) is 0 Å². The molecule has 2 aromatic rings. The Hall–Kier alpha value is -2.70. The maximum Gasteiger partial charge on any atom is 0.416 e. The Morgan fingerprint density at radius 2 is 1.78 bits per heavy atom. The highest BCUT2D eigenvalue weighted by Gasteiger charge is 2.32. The zero-order valence-corrected chi connectivity index (χ0v) is 12.1. The van der Waals surface area contributed by atoms with Crippen LogP contribution in [0.2, 0.25) is 0 Å². The van der Waals surface area contributed by atoms with Crippen molar-refractivity contribution in [3.8, 4) is 0 Å². The molecule has 0 spiro atoms. The molecule has 0 radical (unpaired) electrons. The van der Waals surface area contributed by atoms with Gasteiger partial charge in [0.05, 0.1) is 11.6 Å². The average Bonchev–Trinajstić information content (AvgIpc) is 2.54. The molecule has 7 heteroatoms. The summed E-state index contributed by atoms with van der Waals surface area (Å²) < 4.78 is 38.4. The first kappa shape index (κ1) is 16.7. The maximum atomic E-state index is 12.8. The van der Waals surface area contributed by atoms with Crippen LogP contribution in [-0.4, -0.2) is 5.91 Å². The fraction of sp³-hybridized carbons (Fsp3) is 0.188. The van der Waals surface area contributed by atoms with E-state index >= 15 is 0 Å². The largest absolute Gasteiger partial charge is 0.416 e. The number of nitrogens with one attached hydrogen (secondary N) is 1. The summed E-state index contributed by atoms with van der Waals surface area (Å²) in [5.41, 5.74) is -0.997. The van der Waals surface area contributed by atoms with E-state index < -0.39 is 29.4 Å². The molecule has 4 nitrogen and oxygen atoms in total. The quantitative estimate of drug-likeness (QED) is 0.837. The van der Waals surface area contributed by atoms with Crippen molar-refractivity contribution in [2.45, 2.75) is 19.1 Å². The van der Waals surface area contributed by atoms with Crippen LogP contribution in [0.4, 0.5) is 18.9 Å². The number of nitroso groups, excluding NO2 is 1. The van der Waals surface area contributed by atoms with Gasteiger partial charge in [-0.25, -0.2) is 0 Å². The number of amides is 1. The smallest absolute Gasteiger partial charge is 0.346 e. The van der Waals surface area contributed by atoms with Gasteiger partial charge < -0.3 is 5.32 Å². The van der Waals surface area contributed by atoms with Crippen LogP contribution >= 0.6 is 0 Å². The first-order chi connectivity index (χ1) is 10.8. The fourth-order valence-corrected chi connectivity index (χ4v) is 2.06. The van der Waals surface area contributed by atoms with E-state index in [2.05, 4.69) is 10.5 Å². The van der Waals surface area contributed by atoms with Crippen molar-refractivity contribution in [2.24, 2.45) is 5.18 Å². The molecule has 0 unspecified atom stereocenters. The molecule has 0 heterocycles. The zero-order valence-electron chi connectivity index (χ0n) is 12.1. The molecule has 0 bridgehead atoms. The van der Waals surface area contributed by atoms with Gasteiger partial charge in [-0.15, -0.1) is 4.91 Å². The van der Waals surface area contributed by atoms with Crippen molar-refractivity contribution in [3.05, 3.63) is 70.1 Å². The second kappa shape index (κ2) is 6.60. The Kier molecular flexibility index (Phi) is 4.78. The SMILES string of the molecule is C[C@@H](NC(=O)c1cc(N=O)cc(C(F)(F)F)c1)c1ccccc1. The van der Waals surface area contributed by atoms with E-state index in [1.807, 2.05) is 6.07 Å². The van der Waals surface area contributed by atoms with Crippen LogP contribution in [0.5, 0.6) is 0 Å². The lowest BCUT2D eigenvalue weighted by molar-refractivity contribution is -0.137. The minimum Gasteiger partial charge on any atom is -0.346 e. The van der Waals surface area contributed by atoms with E-state index in [0.29, 0.717) is 12.1 Å². The number of nitrogens with zero attached hydrogens (tertiary/aromatic N) is 1. The van der Waals surface area contributed by atoms with Crippen LogP contribution in [0, 0.1) is 4.91 Å². The Bertz CT molecular complexity index is 715. The molecule has 0 aliphatic heterocycles. The van der Waals surface area contributed by atoms with Crippen LogP contribution < -0.4 is 5.32 Å². The van der Waals surface area contributed by atoms with Crippen LogP contribution in [-0.2, 0) is 6.18 Å². The van der Waals surface area contributed by atoms with Crippen LogP contribution in [0.1, 0.15) is 34.5 Å². The Morgan fingerprint density at radius 1 is 1.13 bits per heavy atom. The monoisotopic (exact) mass is 322 g/mol. The fourth-order valence-electron chi connectivity index (χ4n) is 2.06. The molecule has 1 N–H and O–H groups in total. The summed E-state index contributed by atoms with van der Waals surface area (Å²) in [6.07, 6.45) is -4.67. The number of hydrogen-bond acceptors (Lipinski definition) is 3. The van der Waals surface area contributed by atoms with Gasteiger partial charge in [-0.3, -0.25) is 4.79 Å². The van der Waals surface area contributed by atoms with Gasteiger partial charge in [0, 0.05) is 5.56 Å². The second-order valence-corrected chi connectivity index (χ2v) is 4.96. The van der Waals surface area contributed by atoms with Crippen LogP contribution in [0.15, 0.2) is 53.7 Å². The summed E-state index contributed by atoms with van der Waals surface area (Å²) in [5, 5.41) is 5.09. The first-order valence-electron chi connectivity index (χ1n) is 6.72. The molecule has 0 saturated carbocycles. The molecular formula is C16H13F3N2O2. The van der Waals surface area contributed by atoms with Crippen molar-refractivity contribution >= 4 is 11.6 Å². The average molecular weight is 322 g/mol. The number of carbonyl (C=O) groups excluding carboxylic acids is 1. The minimum atomic E-state index is -4.67. The topological polar surface area (TPSA) is 58.5 Å². The Morgan fingerprint density at radius 3 is 2.35 bits per heavy atom. The molecule has 0 aliphatic rings. The summed E-state index contributed by atoms with van der Waals surface area (Å²) in [4.78, 5) is 22.7. The van der Waals surface area contributed by atoms with Crippen molar-refractivity contribution in [1.29, 1.82) is 0 Å². The number of benzene rings is 2. The lowest BCUT2D eigenvalue weighted by Crippen LogP contribution is -2.27. The van der Waals surface area contributed by atoms with E-state index in [-0.39, 0.29) is 5.56 Å². The predicted molar refractivity (Wildman–Crippen MR) is 79.2 cm³/mol. The normalized spacial score (nSPS) is 12.5. The zero-order chi connectivity index (χ0) is 17.0. The highest BCUT2D eigenvalue weighted by Crippen LogP contribution is 2.32. The van der Waals surface area contributed by atoms with Crippen molar-refractivity contribution < 1.29 is 18.0 Å². The lowest BCUT2D eigenvalue weighted by atomic mass is 10.1. The molecule has 0 aromatic heterocycles. The molecule has 2 aromatic carbocycles. The number of halogens is 3. The maximum absolute atomic E-state index is 12.8. The summed E-state index contributed by atoms with van der Waals surface area (Å²) in [5.74, 6) is -0.711. The second-order valence-electron chi connectivity index (χ2n) is 4.96. The van der Waals surface area contributed by atoms with Gasteiger partial charge in [0.15, 0.2) is 0 Å². The van der Waals surface area contributed by atoms with Crippen LogP contribution in [0.3, 0.4) is 0 Å². The van der Waals surface area contributed by atoms with Gasteiger partial charge in [-0.1, -0.05) is 30.3 Å². The Balaban J connectivity index is 2.27. The molecular weight excluding hydrogens is 309 g/mol. The van der Waals surface area contributed by atoms with Gasteiger partial charge in [-0.05, 0) is 35.9 Å². The molecule has 120 valence electrons. The first-order valence-corrected chi connectivity index (χ1v) is 6.72. The van der Waals surface area contributed by atoms with Crippen LogP contribution in [0.25, 0.3) is 0 Å². The van der Waals surface area contributed by atoms with Crippen molar-refractivity contribution in [2.75, 3.05) is 0 Å². The number of rotatable bonds is 4. The molecule has 0 saturated heterocycles. The molecule has 2 rings (SSSR count). The van der Waals surface area contributed by atoms with E-state index in [1.54, 1.807) is 31.2 Å². The number of alkyl halides is 3. The third-order valence-corrected chi connectivity index (χ3v) is 3.26. The Labute approximate surface area is 130 Å². The minimum absolute atomic E-state index is 0.266. The highest BCUT2D eigenvalue weighted by molar-refractivity contribution is 5.95. The van der Waals surface area contributed by atoms with Gasteiger partial charge in [0.2, 0.25) is 0 Å². The third kappa shape index (κ3) is 4.15. The standard InChI is InChI=1S/C16H13F3N2O2/c1-10(11-5-3-2-4-6-11)20-15(22)12-7-13(16(17,18)19)9-14(8-12)21-23/h2-10H,1H3,(H,20,22)/t10-/m1/s1. The molecule has 1 atom stereocenters. The van der Waals surface area contributed by atoms with Crippen molar-refractivity contribution in [3.63, 3.8) is 0 Å². The third-order valence-electron chi connectivity index (χ3n) is 3.26. The molecule has 0 aliphatic carbocycles. The highest BCUT2D eigenvalue weighted by atomic mass is 19.4. The summed E-state index contributed by atoms with van der Waals surface area (Å²) in [7, 11) is 0. The number of hydrogen-bond donors (Lipinski definition) is 1. The van der Waals surface area contributed by atoms with Crippen molar-refractivity contribution in [1.82, 2.24) is 5.32 Å². The summed E-state index contributed by atoms with van der Waals surface area (Å²) in [6.45, 7) is 1.71. The van der Waals surface area contributed by atoms with Gasteiger partial charge in [-0.2, -0.15) is 13.2 Å². The van der Waals surface area contributed by atoms with Gasteiger partial charge >= 0.3 is 6.18 Å².